The summed E-state index contributed by atoms with van der Waals surface area (Å²) in [4.78, 5) is 4.40. The Hall–Kier alpha value is -4.23. The van der Waals surface area contributed by atoms with Crippen LogP contribution < -0.4 is 18.9 Å². The van der Waals surface area contributed by atoms with Crippen LogP contribution in [-0.4, -0.2) is 59.9 Å². The fourth-order valence-corrected chi connectivity index (χ4v) is 4.82. The van der Waals surface area contributed by atoms with Crippen molar-refractivity contribution < 1.29 is 32.1 Å². The Kier molecular flexibility index (Phi) is 7.78. The topological polar surface area (TPSA) is 138 Å². The molecular formula is C25H26FN5O6S. The van der Waals surface area contributed by atoms with Gasteiger partial charge in [0.2, 0.25) is 21.9 Å². The number of methoxy groups -OCH3 is 3. The number of aliphatic hydroxyl groups is 1. The molecule has 2 N–H and O–H groups in total. The Labute approximate surface area is 218 Å². The molecule has 4 rings (SSSR count). The van der Waals surface area contributed by atoms with E-state index in [4.69, 9.17) is 14.2 Å². The van der Waals surface area contributed by atoms with E-state index in [0.717, 1.165) is 12.1 Å². The van der Waals surface area contributed by atoms with E-state index in [0.29, 0.717) is 28.8 Å². The first-order valence-corrected chi connectivity index (χ1v) is 12.9. The van der Waals surface area contributed by atoms with E-state index >= 15 is 0 Å². The molecule has 2 heterocycles. The Morgan fingerprint density at radius 1 is 0.921 bits per heavy atom. The molecule has 13 heteroatoms. The smallest absolute Gasteiger partial charge is 0.243 e. The SMILES string of the molecule is COc1cccc(-c2nnc(NS(=O)(=O)[C@H](C)[C@H](O)c3ccc(F)cc3)n2-c2c(OC)cccc2OC)n1. The van der Waals surface area contributed by atoms with Crippen molar-refractivity contribution in [1.29, 1.82) is 0 Å². The fraction of sp³-hybridized carbons (Fsp3) is 0.240. The van der Waals surface area contributed by atoms with Crippen LogP contribution in [0.3, 0.4) is 0 Å². The zero-order chi connectivity index (χ0) is 27.4. The van der Waals surface area contributed by atoms with Gasteiger partial charge in [-0.3, -0.25) is 9.29 Å². The van der Waals surface area contributed by atoms with Crippen LogP contribution in [0.5, 0.6) is 17.4 Å². The van der Waals surface area contributed by atoms with E-state index in [1.54, 1.807) is 36.4 Å². The number of sulfonamides is 1. The molecule has 0 bridgehead atoms. The monoisotopic (exact) mass is 543 g/mol. The summed E-state index contributed by atoms with van der Waals surface area (Å²) in [5.74, 6) is 0.442. The van der Waals surface area contributed by atoms with Crippen molar-refractivity contribution in [2.75, 3.05) is 26.1 Å². The lowest BCUT2D eigenvalue weighted by Gasteiger charge is -2.21. The molecule has 4 aromatic rings. The van der Waals surface area contributed by atoms with Crippen molar-refractivity contribution >= 4 is 16.0 Å². The van der Waals surface area contributed by atoms with Gasteiger partial charge < -0.3 is 19.3 Å². The van der Waals surface area contributed by atoms with Crippen molar-refractivity contribution in [2.24, 2.45) is 0 Å². The maximum atomic E-state index is 13.4. The predicted octanol–water partition coefficient (Wildman–Crippen LogP) is 3.36. The lowest BCUT2D eigenvalue weighted by Crippen LogP contribution is -2.32. The molecule has 0 amide bonds. The molecule has 2 aromatic carbocycles. The molecule has 2 atom stereocenters. The summed E-state index contributed by atoms with van der Waals surface area (Å²) >= 11 is 0. The van der Waals surface area contributed by atoms with E-state index in [1.165, 1.54) is 45.0 Å². The second kappa shape index (κ2) is 11.0. The highest BCUT2D eigenvalue weighted by atomic mass is 32.2. The first-order valence-electron chi connectivity index (χ1n) is 11.3. The Bertz CT molecular complexity index is 1510. The maximum Gasteiger partial charge on any atom is 0.243 e. The lowest BCUT2D eigenvalue weighted by atomic mass is 10.1. The Balaban J connectivity index is 1.84. The van der Waals surface area contributed by atoms with Crippen LogP contribution in [0.1, 0.15) is 18.6 Å². The van der Waals surface area contributed by atoms with E-state index in [2.05, 4.69) is 19.9 Å². The molecule has 0 aliphatic carbocycles. The Morgan fingerprint density at radius 2 is 1.55 bits per heavy atom. The average molecular weight is 544 g/mol. The van der Waals surface area contributed by atoms with Crippen LogP contribution in [0, 0.1) is 5.82 Å². The second-order valence-electron chi connectivity index (χ2n) is 8.11. The van der Waals surface area contributed by atoms with E-state index in [1.807, 2.05) is 0 Å². The normalized spacial score (nSPS) is 13.0. The van der Waals surface area contributed by atoms with Crippen molar-refractivity contribution in [1.82, 2.24) is 19.7 Å². The minimum atomic E-state index is -4.27. The summed E-state index contributed by atoms with van der Waals surface area (Å²) in [6.07, 6.45) is -1.45. The lowest BCUT2D eigenvalue weighted by molar-refractivity contribution is 0.176. The van der Waals surface area contributed by atoms with Crippen LogP contribution >= 0.6 is 0 Å². The van der Waals surface area contributed by atoms with Crippen LogP contribution in [0.25, 0.3) is 17.2 Å². The zero-order valence-corrected chi connectivity index (χ0v) is 21.8. The third-order valence-electron chi connectivity index (χ3n) is 5.83. The fourth-order valence-electron chi connectivity index (χ4n) is 3.75. The molecule has 0 radical (unpaired) electrons. The van der Waals surface area contributed by atoms with E-state index in [-0.39, 0.29) is 17.3 Å². The highest BCUT2D eigenvalue weighted by Gasteiger charge is 2.32. The highest BCUT2D eigenvalue weighted by molar-refractivity contribution is 7.93. The number of rotatable bonds is 10. The summed E-state index contributed by atoms with van der Waals surface area (Å²) in [5.41, 5.74) is 0.875. The molecule has 11 nitrogen and oxygen atoms in total. The van der Waals surface area contributed by atoms with Gasteiger partial charge in [0.05, 0.1) is 27.4 Å². The number of aliphatic hydroxyl groups excluding tert-OH is 1. The van der Waals surface area contributed by atoms with Gasteiger partial charge >= 0.3 is 0 Å². The summed E-state index contributed by atoms with van der Waals surface area (Å²) in [6, 6.07) is 15.0. The number of nitrogens with one attached hydrogen (secondary N) is 1. The molecule has 200 valence electrons. The van der Waals surface area contributed by atoms with Gasteiger partial charge in [0.25, 0.3) is 0 Å². The van der Waals surface area contributed by atoms with E-state index < -0.39 is 27.2 Å². The van der Waals surface area contributed by atoms with E-state index in [9.17, 15) is 17.9 Å². The molecule has 0 saturated carbocycles. The molecular weight excluding hydrogens is 517 g/mol. The van der Waals surface area contributed by atoms with Crippen LogP contribution in [0.4, 0.5) is 10.3 Å². The number of ether oxygens (including phenoxy) is 3. The summed E-state index contributed by atoms with van der Waals surface area (Å²) in [7, 11) is 0.111. The molecule has 0 spiro atoms. The first-order chi connectivity index (χ1) is 18.2. The van der Waals surface area contributed by atoms with Gasteiger partial charge in [0.1, 0.15) is 33.9 Å². The number of anilines is 1. The molecule has 0 saturated heterocycles. The molecule has 0 aliphatic rings. The third kappa shape index (κ3) is 5.24. The minimum absolute atomic E-state index is 0.163. The van der Waals surface area contributed by atoms with Crippen molar-refractivity contribution in [3.63, 3.8) is 0 Å². The van der Waals surface area contributed by atoms with Gasteiger partial charge in [-0.25, -0.2) is 17.8 Å². The van der Waals surface area contributed by atoms with Crippen molar-refractivity contribution in [2.45, 2.75) is 18.3 Å². The van der Waals surface area contributed by atoms with Crippen molar-refractivity contribution in [3.05, 3.63) is 72.0 Å². The van der Waals surface area contributed by atoms with Crippen molar-refractivity contribution in [3.8, 4) is 34.6 Å². The van der Waals surface area contributed by atoms with Gasteiger partial charge in [-0.1, -0.05) is 24.3 Å². The maximum absolute atomic E-state index is 13.4. The molecule has 38 heavy (non-hydrogen) atoms. The molecule has 2 aromatic heterocycles. The number of hydrogen-bond donors (Lipinski definition) is 2. The second-order valence-corrected chi connectivity index (χ2v) is 10.1. The molecule has 0 unspecified atom stereocenters. The summed E-state index contributed by atoms with van der Waals surface area (Å²) < 4.78 is 60.2. The standard InChI is InChI=1S/C25H26FN5O6S/c1-15(23(32)16-11-13-17(26)14-12-16)38(33,34)30-25-29-28-24(18-7-5-10-21(27-18)37-4)31(25)22-19(35-2)8-6-9-20(22)36-3/h5-15,23,32H,1-4H3,(H,29,30)/t15-,23+/m1/s1. The quantitative estimate of drug-likeness (QED) is 0.308. The molecule has 0 aliphatic heterocycles. The van der Waals surface area contributed by atoms with Gasteiger partial charge in [0, 0.05) is 6.07 Å². The zero-order valence-electron chi connectivity index (χ0n) is 21.0. The van der Waals surface area contributed by atoms with Crippen LogP contribution in [-0.2, 0) is 10.0 Å². The van der Waals surface area contributed by atoms with Gasteiger partial charge in [-0.2, -0.15) is 0 Å². The Morgan fingerprint density at radius 3 is 2.16 bits per heavy atom. The summed E-state index contributed by atoms with van der Waals surface area (Å²) in [6.45, 7) is 1.32. The number of aromatic nitrogens is 4. The predicted molar refractivity (Wildman–Crippen MR) is 138 cm³/mol. The number of para-hydroxylation sites is 1. The largest absolute Gasteiger partial charge is 0.494 e. The number of benzene rings is 2. The van der Waals surface area contributed by atoms with Gasteiger partial charge in [0.15, 0.2) is 5.82 Å². The minimum Gasteiger partial charge on any atom is -0.494 e. The number of halogens is 1. The number of pyridine rings is 1. The number of hydrogen-bond acceptors (Lipinski definition) is 9. The molecule has 0 fully saturated rings. The first kappa shape index (κ1) is 26.8. The summed E-state index contributed by atoms with van der Waals surface area (Å²) in [5, 5.41) is 17.7. The van der Waals surface area contributed by atoms with Gasteiger partial charge in [-0.05, 0) is 42.8 Å². The van der Waals surface area contributed by atoms with Crippen LogP contribution in [0.15, 0.2) is 60.7 Å². The van der Waals surface area contributed by atoms with Crippen LogP contribution in [0.2, 0.25) is 0 Å². The number of nitrogens with zero attached hydrogens (tertiary/aromatic N) is 4. The highest BCUT2D eigenvalue weighted by Crippen LogP contribution is 2.38. The average Bonchev–Trinajstić information content (AvgIpc) is 3.34. The van der Waals surface area contributed by atoms with Gasteiger partial charge in [-0.15, -0.1) is 10.2 Å². The third-order valence-corrected chi connectivity index (χ3v) is 7.53.